The molecule has 0 fully saturated rings. The molecule has 15 heavy (non-hydrogen) atoms. The Morgan fingerprint density at radius 1 is 1.47 bits per heavy atom. The van der Waals surface area contributed by atoms with E-state index in [9.17, 15) is 5.11 Å². The maximum absolute atomic E-state index is 9.69. The SMILES string of the molecule is CC=C(O)c1cc2c(cc1[N]=[W])OCO2. The summed E-state index contributed by atoms with van der Waals surface area (Å²) in [6.07, 6.45) is 1.63. The van der Waals surface area contributed by atoms with Gasteiger partial charge in [-0.1, -0.05) is 0 Å². The number of hydrogen-bond acceptors (Lipinski definition) is 4. The number of allylic oxidation sites excluding steroid dienone is 1. The molecule has 0 bridgehead atoms. The zero-order chi connectivity index (χ0) is 10.8. The molecular weight excluding hydrogens is 366 g/mol. The topological polar surface area (TPSA) is 51.1 Å². The van der Waals surface area contributed by atoms with Crippen molar-refractivity contribution in [1.29, 1.82) is 0 Å². The summed E-state index contributed by atoms with van der Waals surface area (Å²) in [5, 5.41) is 9.69. The quantitative estimate of drug-likeness (QED) is 0.809. The predicted molar refractivity (Wildman–Crippen MR) is 50.9 cm³/mol. The Morgan fingerprint density at radius 3 is 2.73 bits per heavy atom. The van der Waals surface area contributed by atoms with E-state index < -0.39 is 0 Å². The standard InChI is InChI=1S/C10H9NO3.W/c1-2-8(12)6-3-9-10(4-7(6)11)14-5-13-9;/h2-4,12H,5H2,1H3;. The van der Waals surface area contributed by atoms with Crippen LogP contribution < -0.4 is 9.47 Å². The van der Waals surface area contributed by atoms with Gasteiger partial charge >= 0.3 is 98.1 Å². The number of rotatable bonds is 2. The summed E-state index contributed by atoms with van der Waals surface area (Å²) in [5.41, 5.74) is 1.40. The van der Waals surface area contributed by atoms with Gasteiger partial charge in [0.05, 0.1) is 0 Å². The summed E-state index contributed by atoms with van der Waals surface area (Å²) in [4.78, 5) is 0. The van der Waals surface area contributed by atoms with E-state index >= 15 is 0 Å². The number of aliphatic hydroxyl groups excluding tert-OH is 1. The first-order chi connectivity index (χ1) is 7.26. The van der Waals surface area contributed by atoms with Crippen molar-refractivity contribution in [3.63, 3.8) is 0 Å². The van der Waals surface area contributed by atoms with Crippen LogP contribution in [0, 0.1) is 0 Å². The molecule has 1 heterocycles. The third-order valence-electron chi connectivity index (χ3n) is 2.14. The van der Waals surface area contributed by atoms with Crippen molar-refractivity contribution in [1.82, 2.24) is 0 Å². The number of fused-ring (bicyclic) bond motifs is 1. The molecule has 4 nitrogen and oxygen atoms in total. The molecule has 1 aromatic carbocycles. The molecular formula is C10H9NO3W. The minimum absolute atomic E-state index is 0.202. The first-order valence-corrected chi connectivity index (χ1v) is 5.70. The molecule has 1 aliphatic rings. The Bertz CT molecular complexity index is 443. The van der Waals surface area contributed by atoms with Crippen molar-refractivity contribution < 1.29 is 34.2 Å². The van der Waals surface area contributed by atoms with Gasteiger partial charge in [-0.2, -0.15) is 0 Å². The summed E-state index contributed by atoms with van der Waals surface area (Å²) < 4.78 is 14.6. The van der Waals surface area contributed by atoms with E-state index in [4.69, 9.17) is 9.47 Å². The van der Waals surface area contributed by atoms with E-state index in [-0.39, 0.29) is 12.6 Å². The van der Waals surface area contributed by atoms with Gasteiger partial charge in [0, 0.05) is 0 Å². The van der Waals surface area contributed by atoms with Gasteiger partial charge in [-0.05, 0) is 0 Å². The van der Waals surface area contributed by atoms with Gasteiger partial charge in [-0.15, -0.1) is 0 Å². The summed E-state index contributed by atoms with van der Waals surface area (Å²) >= 11 is 1.08. The van der Waals surface area contributed by atoms with Crippen molar-refractivity contribution in [3.8, 4) is 11.5 Å². The van der Waals surface area contributed by atoms with Crippen LogP contribution in [0.25, 0.3) is 5.76 Å². The second-order valence-corrected chi connectivity index (χ2v) is 3.64. The van der Waals surface area contributed by atoms with Crippen molar-refractivity contribution >= 4 is 11.4 Å². The molecule has 0 saturated carbocycles. The van der Waals surface area contributed by atoms with Crippen LogP contribution in [0.2, 0.25) is 0 Å². The van der Waals surface area contributed by atoms with E-state index in [2.05, 4.69) is 3.50 Å². The molecule has 1 N–H and O–H groups in total. The number of nitrogens with zero attached hydrogens (tertiary/aromatic N) is 1. The van der Waals surface area contributed by atoms with Crippen LogP contribution in [0.1, 0.15) is 12.5 Å². The number of ether oxygens (including phenoxy) is 2. The van der Waals surface area contributed by atoms with Crippen molar-refractivity contribution in [3.05, 3.63) is 23.8 Å². The Kier molecular flexibility index (Phi) is 2.87. The Labute approximate surface area is 98.3 Å². The van der Waals surface area contributed by atoms with Gasteiger partial charge in [-0.3, -0.25) is 0 Å². The molecule has 5 heteroatoms. The van der Waals surface area contributed by atoms with Crippen LogP contribution in [0.3, 0.4) is 0 Å². The van der Waals surface area contributed by atoms with Crippen LogP contribution in [0.15, 0.2) is 21.7 Å². The van der Waals surface area contributed by atoms with Crippen LogP contribution >= 0.6 is 0 Å². The van der Waals surface area contributed by atoms with E-state index in [1.165, 1.54) is 0 Å². The number of hydrogen-bond donors (Lipinski definition) is 1. The summed E-state index contributed by atoms with van der Waals surface area (Å²) in [5.74, 6) is 1.54. The van der Waals surface area contributed by atoms with Crippen molar-refractivity contribution in [2.45, 2.75) is 6.92 Å². The number of aliphatic hydroxyl groups is 1. The molecule has 0 unspecified atom stereocenters. The molecule has 2 rings (SSSR count). The van der Waals surface area contributed by atoms with Crippen molar-refractivity contribution in [2.24, 2.45) is 3.50 Å². The van der Waals surface area contributed by atoms with Crippen LogP contribution in [0.5, 0.6) is 11.5 Å². The molecule has 0 radical (unpaired) electrons. The first kappa shape index (κ1) is 10.4. The molecule has 0 amide bonds. The second-order valence-electron chi connectivity index (χ2n) is 2.99. The summed E-state index contributed by atoms with van der Waals surface area (Å²) in [6, 6.07) is 3.53. The predicted octanol–water partition coefficient (Wildman–Crippen LogP) is 2.70. The fourth-order valence-electron chi connectivity index (χ4n) is 1.37. The van der Waals surface area contributed by atoms with Crippen LogP contribution in [-0.2, 0) is 19.6 Å². The summed E-state index contributed by atoms with van der Waals surface area (Å²) in [6.45, 7) is 2.00. The van der Waals surface area contributed by atoms with Gasteiger partial charge in [-0.25, -0.2) is 0 Å². The normalized spacial score (nSPS) is 14.1. The van der Waals surface area contributed by atoms with Gasteiger partial charge < -0.3 is 0 Å². The minimum atomic E-state index is 0.202. The Morgan fingerprint density at radius 2 is 2.13 bits per heavy atom. The average Bonchev–Trinajstić information content (AvgIpc) is 2.73. The molecule has 0 aliphatic carbocycles. The first-order valence-electron chi connectivity index (χ1n) is 4.39. The zero-order valence-electron chi connectivity index (χ0n) is 8.06. The molecule has 0 saturated heterocycles. The second kappa shape index (κ2) is 4.15. The number of benzene rings is 1. The molecule has 0 aromatic heterocycles. The van der Waals surface area contributed by atoms with Crippen LogP contribution in [-0.4, -0.2) is 11.9 Å². The molecule has 1 aromatic rings. The van der Waals surface area contributed by atoms with Gasteiger partial charge in [0.15, 0.2) is 0 Å². The molecule has 78 valence electrons. The Balaban J connectivity index is 2.58. The van der Waals surface area contributed by atoms with E-state index in [1.807, 2.05) is 0 Å². The third-order valence-corrected chi connectivity index (χ3v) is 2.85. The fourth-order valence-corrected chi connectivity index (χ4v) is 1.91. The third kappa shape index (κ3) is 1.82. The average molecular weight is 375 g/mol. The Hall–Kier alpha value is -1.15. The van der Waals surface area contributed by atoms with Gasteiger partial charge in [0.1, 0.15) is 0 Å². The van der Waals surface area contributed by atoms with E-state index in [0.717, 1.165) is 25.3 Å². The molecule has 0 atom stereocenters. The van der Waals surface area contributed by atoms with Gasteiger partial charge in [0.25, 0.3) is 0 Å². The zero-order valence-corrected chi connectivity index (χ0v) is 11.0. The van der Waals surface area contributed by atoms with Crippen LogP contribution in [0.4, 0.5) is 5.69 Å². The van der Waals surface area contributed by atoms with Gasteiger partial charge in [0.2, 0.25) is 0 Å². The summed E-state index contributed by atoms with van der Waals surface area (Å²) in [7, 11) is 0. The monoisotopic (exact) mass is 375 g/mol. The molecule has 1 aliphatic heterocycles. The van der Waals surface area contributed by atoms with E-state index in [1.54, 1.807) is 25.1 Å². The van der Waals surface area contributed by atoms with Crippen molar-refractivity contribution in [2.75, 3.05) is 6.79 Å². The fraction of sp³-hybridized carbons (Fsp3) is 0.200. The molecule has 0 spiro atoms. The van der Waals surface area contributed by atoms with E-state index in [0.29, 0.717) is 17.1 Å². The maximum atomic E-state index is 9.69.